The van der Waals surface area contributed by atoms with Crippen LogP contribution in [0.5, 0.6) is 0 Å². The van der Waals surface area contributed by atoms with Crippen LogP contribution in [0.1, 0.15) is 278 Å². The molecule has 1 atom stereocenters. The van der Waals surface area contributed by atoms with Crippen molar-refractivity contribution < 1.29 is 28.6 Å². The van der Waals surface area contributed by atoms with E-state index in [0.29, 0.717) is 19.3 Å². The molecule has 0 saturated heterocycles. The van der Waals surface area contributed by atoms with Crippen molar-refractivity contribution in [2.75, 3.05) is 13.2 Å². The van der Waals surface area contributed by atoms with E-state index < -0.39 is 6.10 Å². The molecule has 0 radical (unpaired) electrons. The molecule has 416 valence electrons. The normalized spacial score (nSPS) is 12.9. The van der Waals surface area contributed by atoms with Crippen LogP contribution in [0.2, 0.25) is 0 Å². The van der Waals surface area contributed by atoms with Crippen LogP contribution in [0.25, 0.3) is 0 Å². The Hall–Kier alpha value is -3.93. The summed E-state index contributed by atoms with van der Waals surface area (Å²) in [7, 11) is 0. The molecule has 0 aromatic heterocycles. The highest BCUT2D eigenvalue weighted by atomic mass is 16.6. The molecule has 0 amide bonds. The lowest BCUT2D eigenvalue weighted by atomic mass is 10.0. The SMILES string of the molecule is CC/C=C\C/C=C\C/C=C\C/C=C\C/C=C\C/C=C\CCC(=O)OC[C@H](COC(=O)CCCCCCC/C=C\C/C=C\CCCCC)OC(=O)CCCCCCCCCCCCC/C=C\CCCCCCCC. The van der Waals surface area contributed by atoms with Crippen molar-refractivity contribution >= 4 is 17.9 Å². The van der Waals surface area contributed by atoms with Gasteiger partial charge in [-0.15, -0.1) is 0 Å². The Morgan fingerprint density at radius 2 is 0.562 bits per heavy atom. The summed E-state index contributed by atoms with van der Waals surface area (Å²) in [5.74, 6) is -1.01. The van der Waals surface area contributed by atoms with Crippen molar-refractivity contribution in [3.05, 3.63) is 109 Å². The van der Waals surface area contributed by atoms with Gasteiger partial charge in [0.2, 0.25) is 0 Å². The first kappa shape index (κ1) is 69.1. The predicted molar refractivity (Wildman–Crippen MR) is 316 cm³/mol. The first-order valence-corrected chi connectivity index (χ1v) is 30.4. The van der Waals surface area contributed by atoms with Crippen LogP contribution in [0.3, 0.4) is 0 Å². The van der Waals surface area contributed by atoms with Gasteiger partial charge in [-0.1, -0.05) is 252 Å². The quantitative estimate of drug-likeness (QED) is 0.0261. The lowest BCUT2D eigenvalue weighted by Crippen LogP contribution is -2.30. The second-order valence-corrected chi connectivity index (χ2v) is 19.9. The standard InChI is InChI=1S/C67H112O6/c1-4-7-10-13-16-19-22-25-28-30-32-33-35-37-40-43-46-49-52-55-58-61-67(70)73-64(62-71-65(68)59-56-53-50-47-44-41-38-27-24-21-18-15-12-9-6-3)63-72-66(69)60-57-54-51-48-45-42-39-36-34-31-29-26-23-20-17-14-11-8-5-2/h8,11,17-18,20-21,25-29,34,36,38,42,45,51,54,64H,4-7,9-10,12-16,19,22-24,30-33,35,37,39-41,43-44,46-50,52-53,55-63H2,1-3H3/b11-8-,20-17-,21-18-,28-25-,29-26-,36-34-,38-27-,45-42-,54-51-/t64-/m0/s1. The van der Waals surface area contributed by atoms with Gasteiger partial charge in [0.15, 0.2) is 6.10 Å². The number of ether oxygens (including phenoxy) is 3. The fourth-order valence-corrected chi connectivity index (χ4v) is 8.20. The van der Waals surface area contributed by atoms with E-state index in [-0.39, 0.29) is 37.5 Å². The Bertz CT molecular complexity index is 1490. The Labute approximate surface area is 450 Å². The summed E-state index contributed by atoms with van der Waals surface area (Å²) in [5, 5.41) is 0. The van der Waals surface area contributed by atoms with E-state index in [0.717, 1.165) is 103 Å². The largest absolute Gasteiger partial charge is 0.462 e. The zero-order valence-corrected chi connectivity index (χ0v) is 47.6. The van der Waals surface area contributed by atoms with Crippen molar-refractivity contribution in [3.63, 3.8) is 0 Å². The summed E-state index contributed by atoms with van der Waals surface area (Å²) in [4.78, 5) is 38.2. The molecular weight excluding hydrogens is 901 g/mol. The molecule has 0 aromatic rings. The van der Waals surface area contributed by atoms with Crippen LogP contribution in [0, 0.1) is 0 Å². The van der Waals surface area contributed by atoms with Crippen molar-refractivity contribution in [2.45, 2.75) is 284 Å². The molecule has 6 heteroatoms. The van der Waals surface area contributed by atoms with Gasteiger partial charge in [0.1, 0.15) is 13.2 Å². The maximum atomic E-state index is 12.9. The van der Waals surface area contributed by atoms with Crippen LogP contribution >= 0.6 is 0 Å². The number of carbonyl (C=O) groups is 3. The number of hydrogen-bond donors (Lipinski definition) is 0. The van der Waals surface area contributed by atoms with Gasteiger partial charge < -0.3 is 14.2 Å². The Morgan fingerprint density at radius 3 is 0.959 bits per heavy atom. The second-order valence-electron chi connectivity index (χ2n) is 19.9. The summed E-state index contributed by atoms with van der Waals surface area (Å²) in [6, 6.07) is 0. The summed E-state index contributed by atoms with van der Waals surface area (Å²) in [6.45, 7) is 6.43. The molecule has 0 aliphatic heterocycles. The lowest BCUT2D eigenvalue weighted by molar-refractivity contribution is -0.166. The third kappa shape index (κ3) is 58.8. The van der Waals surface area contributed by atoms with Crippen molar-refractivity contribution in [1.82, 2.24) is 0 Å². The van der Waals surface area contributed by atoms with Crippen LogP contribution in [0.4, 0.5) is 0 Å². The summed E-state index contributed by atoms with van der Waals surface area (Å²) in [5.41, 5.74) is 0. The molecule has 0 N–H and O–H groups in total. The zero-order valence-electron chi connectivity index (χ0n) is 47.6. The van der Waals surface area contributed by atoms with Crippen LogP contribution in [-0.4, -0.2) is 37.2 Å². The van der Waals surface area contributed by atoms with E-state index in [4.69, 9.17) is 14.2 Å². The van der Waals surface area contributed by atoms with Gasteiger partial charge in [-0.25, -0.2) is 0 Å². The molecule has 0 fully saturated rings. The van der Waals surface area contributed by atoms with Crippen LogP contribution in [-0.2, 0) is 28.6 Å². The summed E-state index contributed by atoms with van der Waals surface area (Å²) < 4.78 is 16.8. The maximum Gasteiger partial charge on any atom is 0.306 e. The molecule has 0 spiro atoms. The molecular formula is C67H112O6. The first-order chi connectivity index (χ1) is 36.0. The Morgan fingerprint density at radius 1 is 0.288 bits per heavy atom. The number of carbonyl (C=O) groups excluding carboxylic acids is 3. The molecule has 0 unspecified atom stereocenters. The highest BCUT2D eigenvalue weighted by Crippen LogP contribution is 2.15. The van der Waals surface area contributed by atoms with Gasteiger partial charge in [-0.2, -0.15) is 0 Å². The summed E-state index contributed by atoms with van der Waals surface area (Å²) in [6.07, 6.45) is 82.4. The van der Waals surface area contributed by atoms with Gasteiger partial charge in [-0.3, -0.25) is 14.4 Å². The highest BCUT2D eigenvalue weighted by molar-refractivity contribution is 5.71. The van der Waals surface area contributed by atoms with Gasteiger partial charge in [0, 0.05) is 19.3 Å². The first-order valence-electron chi connectivity index (χ1n) is 30.4. The predicted octanol–water partition coefficient (Wildman–Crippen LogP) is 20.7. The number of unbranched alkanes of at least 4 members (excludes halogenated alkanes) is 25. The van der Waals surface area contributed by atoms with Crippen molar-refractivity contribution in [2.24, 2.45) is 0 Å². The molecule has 0 bridgehead atoms. The van der Waals surface area contributed by atoms with E-state index in [9.17, 15) is 14.4 Å². The van der Waals surface area contributed by atoms with E-state index >= 15 is 0 Å². The van der Waals surface area contributed by atoms with E-state index in [2.05, 4.69) is 124 Å². The fraction of sp³-hybridized carbons (Fsp3) is 0.687. The van der Waals surface area contributed by atoms with E-state index in [1.165, 1.54) is 128 Å². The highest BCUT2D eigenvalue weighted by Gasteiger charge is 2.19. The van der Waals surface area contributed by atoms with Gasteiger partial charge in [0.05, 0.1) is 0 Å². The third-order valence-electron chi connectivity index (χ3n) is 12.7. The number of hydrogen-bond acceptors (Lipinski definition) is 6. The lowest BCUT2D eigenvalue weighted by Gasteiger charge is -2.18. The average molecular weight is 1010 g/mol. The third-order valence-corrected chi connectivity index (χ3v) is 12.7. The molecule has 0 rings (SSSR count). The van der Waals surface area contributed by atoms with Gasteiger partial charge in [-0.05, 0) is 116 Å². The molecule has 73 heavy (non-hydrogen) atoms. The van der Waals surface area contributed by atoms with Crippen LogP contribution < -0.4 is 0 Å². The number of esters is 3. The Balaban J connectivity index is 4.49. The zero-order chi connectivity index (χ0) is 52.9. The minimum absolute atomic E-state index is 0.110. The van der Waals surface area contributed by atoms with Crippen LogP contribution in [0.15, 0.2) is 109 Å². The average Bonchev–Trinajstić information content (AvgIpc) is 3.39. The number of allylic oxidation sites excluding steroid dienone is 18. The summed E-state index contributed by atoms with van der Waals surface area (Å²) >= 11 is 0. The molecule has 0 aliphatic rings. The minimum Gasteiger partial charge on any atom is -0.462 e. The number of rotatable bonds is 54. The van der Waals surface area contributed by atoms with Crippen molar-refractivity contribution in [1.29, 1.82) is 0 Å². The van der Waals surface area contributed by atoms with Crippen molar-refractivity contribution in [3.8, 4) is 0 Å². The smallest absolute Gasteiger partial charge is 0.306 e. The molecule has 6 nitrogen and oxygen atoms in total. The maximum absolute atomic E-state index is 12.9. The van der Waals surface area contributed by atoms with Gasteiger partial charge >= 0.3 is 17.9 Å². The Kier molecular flexibility index (Phi) is 57.4. The second kappa shape index (κ2) is 60.6. The molecule has 0 heterocycles. The topological polar surface area (TPSA) is 78.9 Å². The fourth-order valence-electron chi connectivity index (χ4n) is 8.20. The monoisotopic (exact) mass is 1010 g/mol. The van der Waals surface area contributed by atoms with Gasteiger partial charge in [0.25, 0.3) is 0 Å². The van der Waals surface area contributed by atoms with E-state index in [1.807, 2.05) is 6.08 Å². The van der Waals surface area contributed by atoms with E-state index in [1.54, 1.807) is 0 Å². The molecule has 0 aliphatic carbocycles. The molecule has 0 saturated carbocycles. The minimum atomic E-state index is -0.817. The molecule has 0 aromatic carbocycles.